The molecule has 3 rings (SSSR count). The number of hydrogen-bond acceptors (Lipinski definition) is 13. The number of oxime groups is 1. The van der Waals surface area contributed by atoms with Gasteiger partial charge in [0.2, 0.25) is 6.79 Å². The summed E-state index contributed by atoms with van der Waals surface area (Å²) in [6, 6.07) is -0.934. The molecule has 3 heterocycles. The van der Waals surface area contributed by atoms with Gasteiger partial charge in [0.25, 0.3) is 11.8 Å². The van der Waals surface area contributed by atoms with Gasteiger partial charge >= 0.3 is 11.9 Å². The van der Waals surface area contributed by atoms with E-state index in [0.717, 1.165) is 11.3 Å². The number of nitrogen functional groups attached to an aromatic ring is 1. The maximum absolute atomic E-state index is 13.0. The lowest BCUT2D eigenvalue weighted by atomic mass is 10.0. The average molecular weight is 528 g/mol. The van der Waals surface area contributed by atoms with Gasteiger partial charge in [-0.2, -0.15) is 0 Å². The Morgan fingerprint density at radius 2 is 2.06 bits per heavy atom. The fraction of sp³-hybridized carbons (Fsp3) is 0.500. The molecule has 0 saturated carbocycles. The summed E-state index contributed by atoms with van der Waals surface area (Å²) in [6.45, 7) is 2.79. The first kappa shape index (κ1) is 26.4. The van der Waals surface area contributed by atoms with Crippen molar-refractivity contribution >= 4 is 57.7 Å². The van der Waals surface area contributed by atoms with Gasteiger partial charge in [-0.3, -0.25) is 19.3 Å². The van der Waals surface area contributed by atoms with Crippen LogP contribution in [0.25, 0.3) is 0 Å². The highest BCUT2D eigenvalue weighted by Crippen LogP contribution is 2.40. The summed E-state index contributed by atoms with van der Waals surface area (Å²) in [7, 11) is 2.73. The monoisotopic (exact) mass is 527 g/mol. The van der Waals surface area contributed by atoms with Crippen molar-refractivity contribution in [2.24, 2.45) is 11.1 Å². The number of esters is 2. The number of β-lactam (4-membered cyclic amide) rings is 1. The molecule has 190 valence electrons. The van der Waals surface area contributed by atoms with Crippen molar-refractivity contribution in [2.75, 3.05) is 39.1 Å². The Morgan fingerprint density at radius 3 is 2.66 bits per heavy atom. The van der Waals surface area contributed by atoms with Crippen molar-refractivity contribution in [3.05, 3.63) is 22.3 Å². The smallest absolute Gasteiger partial charge is 0.358 e. The van der Waals surface area contributed by atoms with Gasteiger partial charge in [-0.15, -0.1) is 23.1 Å². The van der Waals surface area contributed by atoms with Gasteiger partial charge in [0.15, 0.2) is 10.8 Å². The van der Waals surface area contributed by atoms with E-state index in [9.17, 15) is 19.2 Å². The number of carbonyl (C=O) groups is 4. The van der Waals surface area contributed by atoms with Gasteiger partial charge < -0.3 is 30.1 Å². The molecule has 0 spiro atoms. The van der Waals surface area contributed by atoms with E-state index in [-0.39, 0.29) is 34.8 Å². The highest BCUT2D eigenvalue weighted by Gasteiger charge is 2.54. The second-order valence-electron chi connectivity index (χ2n) is 7.61. The molecule has 15 heteroatoms. The molecule has 1 saturated heterocycles. The van der Waals surface area contributed by atoms with Gasteiger partial charge in [0, 0.05) is 18.2 Å². The first-order valence-electron chi connectivity index (χ1n) is 10.3. The minimum atomic E-state index is -0.934. The number of amides is 2. The fourth-order valence-corrected chi connectivity index (χ4v) is 5.11. The van der Waals surface area contributed by atoms with Crippen molar-refractivity contribution in [3.63, 3.8) is 0 Å². The molecule has 0 aliphatic carbocycles. The van der Waals surface area contributed by atoms with Crippen molar-refractivity contribution in [2.45, 2.75) is 25.3 Å². The third kappa shape index (κ3) is 5.74. The van der Waals surface area contributed by atoms with Crippen LogP contribution < -0.4 is 11.1 Å². The van der Waals surface area contributed by atoms with Crippen LogP contribution in [0.2, 0.25) is 0 Å². The third-order valence-electron chi connectivity index (χ3n) is 4.87. The molecule has 13 nitrogen and oxygen atoms in total. The summed E-state index contributed by atoms with van der Waals surface area (Å²) in [6.07, 6.45) is 0. The Bertz CT molecular complexity index is 1070. The average Bonchev–Trinajstić information content (AvgIpc) is 3.26. The molecule has 0 aromatic carbocycles. The van der Waals surface area contributed by atoms with E-state index in [4.69, 9.17) is 24.8 Å². The molecule has 1 fully saturated rings. The van der Waals surface area contributed by atoms with E-state index in [0.29, 0.717) is 11.3 Å². The van der Waals surface area contributed by atoms with Crippen LogP contribution in [0.3, 0.4) is 0 Å². The molecular formula is C20H25N5O8S2. The standard InChI is InChI=1S/C20H25N5O8S2/c1-9(2)18(28)32-8-33-19(29)14-10(5-30-3)6-34-17-13(16(27)25(14)17)23-15(26)12(24-31-4)11-7-35-20(21)22-11/h7,9,13,17H,5-6,8H2,1-4H3,(H2,21,22)(H,23,26)/b24-12-/t13?,17-/m1/s1. The topological polar surface area (TPSA) is 172 Å². The molecule has 2 aliphatic heterocycles. The lowest BCUT2D eigenvalue weighted by Gasteiger charge is -2.49. The van der Waals surface area contributed by atoms with Gasteiger partial charge in [0.1, 0.15) is 29.9 Å². The van der Waals surface area contributed by atoms with Crippen LogP contribution in [0.1, 0.15) is 19.5 Å². The number of methoxy groups -OCH3 is 1. The number of rotatable bonds is 10. The number of ether oxygens (including phenoxy) is 3. The summed E-state index contributed by atoms with van der Waals surface area (Å²) in [5.74, 6) is -2.61. The largest absolute Gasteiger partial charge is 0.428 e. The van der Waals surface area contributed by atoms with E-state index in [1.54, 1.807) is 13.8 Å². The number of thiazole rings is 1. The Morgan fingerprint density at radius 1 is 1.31 bits per heavy atom. The summed E-state index contributed by atoms with van der Waals surface area (Å²) in [4.78, 5) is 60.3. The number of aromatic nitrogens is 1. The molecular weight excluding hydrogens is 502 g/mol. The van der Waals surface area contributed by atoms with E-state index >= 15 is 0 Å². The quantitative estimate of drug-likeness (QED) is 0.139. The fourth-order valence-electron chi connectivity index (χ4n) is 3.23. The summed E-state index contributed by atoms with van der Waals surface area (Å²) in [5.41, 5.74) is 6.23. The highest BCUT2D eigenvalue weighted by atomic mass is 32.2. The first-order valence-corrected chi connectivity index (χ1v) is 12.2. The number of thioether (sulfide) groups is 1. The maximum Gasteiger partial charge on any atom is 0.358 e. The van der Waals surface area contributed by atoms with E-state index in [1.807, 2.05) is 0 Å². The summed E-state index contributed by atoms with van der Waals surface area (Å²) >= 11 is 2.47. The second kappa shape index (κ2) is 11.5. The zero-order valence-corrected chi connectivity index (χ0v) is 21.1. The third-order valence-corrected chi connectivity index (χ3v) is 6.88. The summed E-state index contributed by atoms with van der Waals surface area (Å²) in [5, 5.41) is 7.54. The lowest BCUT2D eigenvalue weighted by Crippen LogP contribution is -2.71. The molecule has 3 N–H and O–H groups in total. The van der Waals surface area contributed by atoms with Crippen LogP contribution in [-0.2, 0) is 38.2 Å². The molecule has 2 atom stereocenters. The van der Waals surface area contributed by atoms with Gasteiger partial charge in [-0.25, -0.2) is 9.78 Å². The van der Waals surface area contributed by atoms with Crippen LogP contribution in [0.15, 0.2) is 21.8 Å². The van der Waals surface area contributed by atoms with Crippen LogP contribution >= 0.6 is 23.1 Å². The van der Waals surface area contributed by atoms with Crippen molar-refractivity contribution in [3.8, 4) is 0 Å². The minimum Gasteiger partial charge on any atom is -0.428 e. The molecule has 1 aromatic rings. The van der Waals surface area contributed by atoms with Gasteiger partial charge in [-0.05, 0) is 5.57 Å². The van der Waals surface area contributed by atoms with E-state index < -0.39 is 42.0 Å². The lowest BCUT2D eigenvalue weighted by molar-refractivity contribution is -0.170. The molecule has 0 radical (unpaired) electrons. The van der Waals surface area contributed by atoms with Crippen molar-refractivity contribution in [1.29, 1.82) is 0 Å². The molecule has 2 aliphatic rings. The molecule has 2 amide bonds. The number of anilines is 1. The first-order chi connectivity index (χ1) is 16.7. The van der Waals surface area contributed by atoms with Gasteiger partial charge in [-0.1, -0.05) is 19.0 Å². The Labute approximate surface area is 209 Å². The van der Waals surface area contributed by atoms with Crippen LogP contribution in [-0.4, -0.2) is 84.1 Å². The number of fused-ring (bicyclic) bond motifs is 1. The Kier molecular flexibility index (Phi) is 8.69. The molecule has 1 unspecified atom stereocenters. The van der Waals surface area contributed by atoms with E-state index in [1.165, 1.54) is 36.3 Å². The number of nitrogens with zero attached hydrogens (tertiary/aromatic N) is 3. The molecule has 1 aromatic heterocycles. The van der Waals surface area contributed by atoms with Crippen molar-refractivity contribution in [1.82, 2.24) is 15.2 Å². The minimum absolute atomic E-state index is 0.00440. The van der Waals surface area contributed by atoms with Crippen molar-refractivity contribution < 1.29 is 38.2 Å². The predicted molar refractivity (Wildman–Crippen MR) is 126 cm³/mol. The Balaban J connectivity index is 1.73. The normalized spacial score (nSPS) is 19.7. The number of carbonyl (C=O) groups excluding carboxylic acids is 4. The van der Waals surface area contributed by atoms with Crippen LogP contribution in [0.4, 0.5) is 5.13 Å². The molecule has 0 bridgehead atoms. The zero-order chi connectivity index (χ0) is 25.7. The van der Waals surface area contributed by atoms with Gasteiger partial charge in [0.05, 0.1) is 12.5 Å². The second-order valence-corrected chi connectivity index (χ2v) is 9.60. The number of nitrogens with one attached hydrogen (secondary N) is 1. The van der Waals surface area contributed by atoms with Crippen LogP contribution in [0.5, 0.6) is 0 Å². The number of hydrogen-bond donors (Lipinski definition) is 2. The molecule has 35 heavy (non-hydrogen) atoms. The summed E-state index contributed by atoms with van der Waals surface area (Å²) < 4.78 is 15.1. The predicted octanol–water partition coefficient (Wildman–Crippen LogP) is 0.0761. The number of nitrogens with two attached hydrogens (primary N) is 1. The Hall–Kier alpha value is -3.17. The zero-order valence-electron chi connectivity index (χ0n) is 19.4. The van der Waals surface area contributed by atoms with Crippen LogP contribution in [0, 0.1) is 5.92 Å². The maximum atomic E-state index is 13.0. The SMILES string of the molecule is COCC1=C(C(=O)OCOC(=O)C(C)C)N2C(=O)C(NC(=O)/C(=N\OC)c3csc(N)n3)[C@H]2SC1. The highest BCUT2D eigenvalue weighted by molar-refractivity contribution is 8.00. The van der Waals surface area contributed by atoms with E-state index in [2.05, 4.69) is 15.5 Å².